The quantitative estimate of drug-likeness (QED) is 0.444. The molecule has 0 aromatic heterocycles. The van der Waals surface area contributed by atoms with Gasteiger partial charge in [0.15, 0.2) is 0 Å². The van der Waals surface area contributed by atoms with Gasteiger partial charge >= 0.3 is 0 Å². The molecule has 4 nitrogen and oxygen atoms in total. The molecule has 0 aliphatic rings. The Balaban J connectivity index is 0. The van der Waals surface area contributed by atoms with Crippen LogP contribution in [0.1, 0.15) is 0 Å². The van der Waals surface area contributed by atoms with Crippen molar-refractivity contribution in [3.8, 4) is 0 Å². The van der Waals surface area contributed by atoms with Gasteiger partial charge in [0.2, 0.25) is 0 Å². The average Bonchev–Trinajstić information content (AvgIpc) is 0. The Bertz CT molecular complexity index is 7.51. The Kier molecular flexibility index (Phi) is 1470. The molecule has 0 spiro atoms. The molecule has 0 atom stereocenters. The average molecular weight is 260 g/mol. The van der Waals surface area contributed by atoms with Gasteiger partial charge in [0.1, 0.15) is 0 Å². The van der Waals surface area contributed by atoms with Crippen LogP contribution >= 0.6 is 12.4 Å². The maximum Gasteiger partial charge on any atom is 0 e. The standard InChI is InChI=1S/ClH.Eu.4H2O/h1H;;4*1H2. The van der Waals surface area contributed by atoms with Crippen molar-refractivity contribution in [2.75, 3.05) is 0 Å². The summed E-state index contributed by atoms with van der Waals surface area (Å²) < 4.78 is 0. The molecule has 0 rings (SSSR count). The van der Waals surface area contributed by atoms with E-state index in [2.05, 4.69) is 0 Å². The van der Waals surface area contributed by atoms with Gasteiger partial charge in [-0.2, -0.15) is 0 Å². The molecule has 8 N–H and O–H groups in total. The van der Waals surface area contributed by atoms with E-state index in [1.54, 1.807) is 0 Å². The van der Waals surface area contributed by atoms with Crippen LogP contribution in [-0.2, 0) is 0 Å². The molecule has 0 fully saturated rings. The van der Waals surface area contributed by atoms with Crippen LogP contribution < -0.4 is 0 Å². The molecule has 6 heavy (non-hydrogen) atoms. The molecule has 0 amide bonds. The van der Waals surface area contributed by atoms with Crippen LogP contribution in [0, 0.1) is 49.4 Å². The Labute approximate surface area is 82.5 Å². The Morgan fingerprint density at radius 2 is 0.500 bits per heavy atom. The van der Waals surface area contributed by atoms with Crippen molar-refractivity contribution in [1.82, 2.24) is 0 Å². The van der Waals surface area contributed by atoms with E-state index in [9.17, 15) is 0 Å². The van der Waals surface area contributed by atoms with E-state index >= 15 is 0 Å². The predicted molar refractivity (Wildman–Crippen MR) is 21.7 cm³/mol. The summed E-state index contributed by atoms with van der Waals surface area (Å²) in [6, 6.07) is 0. The molecule has 0 aromatic rings. The smallest absolute Gasteiger partial charge is 0 e. The van der Waals surface area contributed by atoms with Crippen molar-refractivity contribution in [1.29, 1.82) is 0 Å². The second-order valence-electron chi connectivity index (χ2n) is 0. The van der Waals surface area contributed by atoms with Gasteiger partial charge in [0.05, 0.1) is 0 Å². The van der Waals surface area contributed by atoms with Crippen LogP contribution in [0.4, 0.5) is 0 Å². The molecule has 47 valence electrons. The Morgan fingerprint density at radius 1 is 0.500 bits per heavy atom. The SMILES string of the molecule is Cl.O.O.O.O.[Eu]. The summed E-state index contributed by atoms with van der Waals surface area (Å²) in [5, 5.41) is 0. The van der Waals surface area contributed by atoms with Crippen molar-refractivity contribution >= 4 is 12.4 Å². The summed E-state index contributed by atoms with van der Waals surface area (Å²) in [6.07, 6.45) is 0. The third kappa shape index (κ3) is 43.2. The van der Waals surface area contributed by atoms with Gasteiger partial charge in [-0.3, -0.25) is 0 Å². The monoisotopic (exact) mass is 261 g/mol. The molecule has 1 radical (unpaired) electrons. The van der Waals surface area contributed by atoms with Gasteiger partial charge in [-0.05, 0) is 0 Å². The molecule has 0 saturated carbocycles. The molecular weight excluding hydrogens is 251 g/mol. The second kappa shape index (κ2) is 74.6. The first-order chi connectivity index (χ1) is 0. The molecule has 0 aromatic carbocycles. The molecule has 0 unspecified atom stereocenters. The predicted octanol–water partition coefficient (Wildman–Crippen LogP) is -2.88. The first-order valence-corrected chi connectivity index (χ1v) is 0. The van der Waals surface area contributed by atoms with Crippen molar-refractivity contribution in [3.63, 3.8) is 0 Å². The summed E-state index contributed by atoms with van der Waals surface area (Å²) >= 11 is 0. The molecule has 0 heterocycles. The summed E-state index contributed by atoms with van der Waals surface area (Å²) in [7, 11) is 0. The summed E-state index contributed by atoms with van der Waals surface area (Å²) in [5.41, 5.74) is 0. The zero-order valence-corrected chi connectivity index (χ0v) is 6.03. The van der Waals surface area contributed by atoms with Gasteiger partial charge in [0.25, 0.3) is 0 Å². The van der Waals surface area contributed by atoms with E-state index in [1.165, 1.54) is 0 Å². The fourth-order valence-corrected chi connectivity index (χ4v) is 0. The van der Waals surface area contributed by atoms with Crippen LogP contribution in [0.3, 0.4) is 0 Å². The Hall–Kier alpha value is 1.71. The molecule has 6 heteroatoms. The summed E-state index contributed by atoms with van der Waals surface area (Å²) in [4.78, 5) is 0. The van der Waals surface area contributed by atoms with E-state index in [0.717, 1.165) is 0 Å². The molecule has 0 aliphatic carbocycles. The Morgan fingerprint density at radius 3 is 0.500 bits per heavy atom. The molecular formula is H9ClEuO4. The van der Waals surface area contributed by atoms with Gasteiger partial charge < -0.3 is 21.9 Å². The van der Waals surface area contributed by atoms with Crippen molar-refractivity contribution in [2.24, 2.45) is 0 Å². The maximum atomic E-state index is 0. The second-order valence-corrected chi connectivity index (χ2v) is 0. The van der Waals surface area contributed by atoms with Crippen molar-refractivity contribution < 1.29 is 71.3 Å². The fourth-order valence-electron chi connectivity index (χ4n) is 0. The third-order valence-electron chi connectivity index (χ3n) is 0. The largest absolute Gasteiger partial charge is 0.412 e. The zero-order valence-electron chi connectivity index (χ0n) is 2.79. The number of halogens is 1. The first kappa shape index (κ1) is 118. The molecule has 0 bridgehead atoms. The van der Waals surface area contributed by atoms with Crippen LogP contribution in [0.15, 0.2) is 0 Å². The van der Waals surface area contributed by atoms with Crippen molar-refractivity contribution in [2.45, 2.75) is 0 Å². The van der Waals surface area contributed by atoms with Crippen LogP contribution in [0.25, 0.3) is 0 Å². The minimum Gasteiger partial charge on any atom is -0.412 e. The number of hydrogen-bond donors (Lipinski definition) is 0. The first-order valence-electron chi connectivity index (χ1n) is 0. The minimum atomic E-state index is 0. The van der Waals surface area contributed by atoms with Gasteiger partial charge in [-0.1, -0.05) is 0 Å². The molecule has 0 saturated heterocycles. The van der Waals surface area contributed by atoms with E-state index in [4.69, 9.17) is 0 Å². The normalized spacial score (nSPS) is 0. The van der Waals surface area contributed by atoms with E-state index in [0.29, 0.717) is 0 Å². The van der Waals surface area contributed by atoms with E-state index < -0.39 is 0 Å². The number of rotatable bonds is 0. The zero-order chi connectivity index (χ0) is 0. The topological polar surface area (TPSA) is 126 Å². The van der Waals surface area contributed by atoms with Gasteiger partial charge in [0, 0.05) is 49.4 Å². The van der Waals surface area contributed by atoms with E-state index in [1.807, 2.05) is 0 Å². The maximum absolute atomic E-state index is 0. The third-order valence-corrected chi connectivity index (χ3v) is 0. The van der Waals surface area contributed by atoms with Gasteiger partial charge in [-0.25, -0.2) is 0 Å². The summed E-state index contributed by atoms with van der Waals surface area (Å²) in [6.45, 7) is 0. The van der Waals surface area contributed by atoms with Crippen LogP contribution in [0.2, 0.25) is 0 Å². The fraction of sp³-hybridized carbons (Fsp3) is 0. The number of hydrogen-bond acceptors (Lipinski definition) is 0. The van der Waals surface area contributed by atoms with Gasteiger partial charge in [-0.15, -0.1) is 12.4 Å². The van der Waals surface area contributed by atoms with Crippen LogP contribution in [-0.4, -0.2) is 21.9 Å². The van der Waals surface area contributed by atoms with Crippen LogP contribution in [0.5, 0.6) is 0 Å². The van der Waals surface area contributed by atoms with E-state index in [-0.39, 0.29) is 83.7 Å². The summed E-state index contributed by atoms with van der Waals surface area (Å²) in [5.74, 6) is 0. The van der Waals surface area contributed by atoms with Crippen molar-refractivity contribution in [3.05, 3.63) is 0 Å². The molecule has 0 aliphatic heterocycles. The minimum absolute atomic E-state index is 0.